The molecule has 0 aromatic heterocycles. The molecule has 0 saturated heterocycles. The molecule has 0 spiro atoms. The minimum atomic E-state index is -4.45. The van der Waals surface area contributed by atoms with E-state index in [1.165, 1.54) is 12.1 Å². The van der Waals surface area contributed by atoms with Crippen LogP contribution in [-0.4, -0.2) is 32.3 Å². The SMILES string of the molecule is CCOCCOc1ccc(NCC(=O)Nc2cccc(C(F)(F)F)c2)cc1. The molecule has 0 bridgehead atoms. The first-order chi connectivity index (χ1) is 12.9. The monoisotopic (exact) mass is 382 g/mol. The second kappa shape index (κ2) is 9.82. The van der Waals surface area contributed by atoms with Crippen LogP contribution in [0.5, 0.6) is 5.75 Å². The zero-order valence-electron chi connectivity index (χ0n) is 14.8. The highest BCUT2D eigenvalue weighted by atomic mass is 19.4. The van der Waals surface area contributed by atoms with Crippen molar-refractivity contribution in [2.75, 3.05) is 37.0 Å². The van der Waals surface area contributed by atoms with E-state index in [1.54, 1.807) is 24.3 Å². The van der Waals surface area contributed by atoms with Crippen LogP contribution in [-0.2, 0) is 15.7 Å². The molecule has 8 heteroatoms. The third kappa shape index (κ3) is 7.18. The molecular weight excluding hydrogens is 361 g/mol. The van der Waals surface area contributed by atoms with Crippen molar-refractivity contribution >= 4 is 17.3 Å². The van der Waals surface area contributed by atoms with Crippen molar-refractivity contribution in [3.8, 4) is 5.75 Å². The van der Waals surface area contributed by atoms with Crippen molar-refractivity contribution in [2.24, 2.45) is 0 Å². The Hall–Kier alpha value is -2.74. The van der Waals surface area contributed by atoms with Crippen molar-refractivity contribution < 1.29 is 27.4 Å². The van der Waals surface area contributed by atoms with Crippen LogP contribution in [0.25, 0.3) is 0 Å². The molecule has 0 fully saturated rings. The van der Waals surface area contributed by atoms with Gasteiger partial charge in [0, 0.05) is 18.0 Å². The molecule has 0 atom stereocenters. The maximum Gasteiger partial charge on any atom is 0.416 e. The molecule has 5 nitrogen and oxygen atoms in total. The first-order valence-corrected chi connectivity index (χ1v) is 8.40. The molecule has 146 valence electrons. The molecule has 0 aliphatic carbocycles. The molecule has 2 N–H and O–H groups in total. The summed E-state index contributed by atoms with van der Waals surface area (Å²) in [4.78, 5) is 11.9. The number of carbonyl (C=O) groups excluding carboxylic acids is 1. The van der Waals surface area contributed by atoms with Crippen LogP contribution in [0, 0.1) is 0 Å². The number of ether oxygens (including phenoxy) is 2. The quantitative estimate of drug-likeness (QED) is 0.639. The number of alkyl halides is 3. The molecule has 1 amide bonds. The molecule has 0 aliphatic heterocycles. The number of anilines is 2. The number of carbonyl (C=O) groups is 1. The van der Waals surface area contributed by atoms with Crippen LogP contribution in [0.2, 0.25) is 0 Å². The molecule has 2 aromatic rings. The highest BCUT2D eigenvalue weighted by Crippen LogP contribution is 2.30. The number of amides is 1. The molecule has 2 rings (SSSR count). The average molecular weight is 382 g/mol. The number of hydrogen-bond acceptors (Lipinski definition) is 4. The molecule has 0 unspecified atom stereocenters. The summed E-state index contributed by atoms with van der Waals surface area (Å²) in [5, 5.41) is 5.33. The largest absolute Gasteiger partial charge is 0.491 e. The summed E-state index contributed by atoms with van der Waals surface area (Å²) in [6.07, 6.45) is -4.45. The Morgan fingerprint density at radius 3 is 2.44 bits per heavy atom. The van der Waals surface area contributed by atoms with Crippen molar-refractivity contribution in [1.82, 2.24) is 0 Å². The molecule has 0 saturated carbocycles. The molecular formula is C19H21F3N2O3. The van der Waals surface area contributed by atoms with Gasteiger partial charge in [0.25, 0.3) is 0 Å². The summed E-state index contributed by atoms with van der Waals surface area (Å²) in [5.74, 6) is 0.222. The summed E-state index contributed by atoms with van der Waals surface area (Å²) in [6, 6.07) is 11.5. The highest BCUT2D eigenvalue weighted by Gasteiger charge is 2.30. The second-order valence-electron chi connectivity index (χ2n) is 5.55. The number of hydrogen-bond donors (Lipinski definition) is 2. The standard InChI is InChI=1S/C19H21F3N2O3/c1-2-26-10-11-27-17-8-6-15(7-9-17)23-13-18(25)24-16-5-3-4-14(12-16)19(20,21)22/h3-9,12,23H,2,10-11,13H2,1H3,(H,24,25). The minimum absolute atomic E-state index is 0.0826. The fourth-order valence-corrected chi connectivity index (χ4v) is 2.19. The van der Waals surface area contributed by atoms with Gasteiger partial charge in [0.1, 0.15) is 12.4 Å². The van der Waals surface area contributed by atoms with Crippen LogP contribution in [0.15, 0.2) is 48.5 Å². The third-order valence-electron chi connectivity index (χ3n) is 3.48. The Balaban J connectivity index is 1.80. The summed E-state index contributed by atoms with van der Waals surface area (Å²) in [5.41, 5.74) is -0.0331. The van der Waals surface area contributed by atoms with Gasteiger partial charge < -0.3 is 20.1 Å². The maximum absolute atomic E-state index is 12.7. The molecule has 0 heterocycles. The van der Waals surface area contributed by atoms with Gasteiger partial charge in [0.05, 0.1) is 18.7 Å². The van der Waals surface area contributed by atoms with Gasteiger partial charge >= 0.3 is 6.18 Å². The molecule has 0 radical (unpaired) electrons. The summed E-state index contributed by atoms with van der Waals surface area (Å²) in [6.45, 7) is 3.41. The smallest absolute Gasteiger partial charge is 0.416 e. The predicted octanol–water partition coefficient (Wildman–Crippen LogP) is 4.17. The second-order valence-corrected chi connectivity index (χ2v) is 5.55. The van der Waals surface area contributed by atoms with E-state index in [0.29, 0.717) is 31.3 Å². The van der Waals surface area contributed by atoms with E-state index in [4.69, 9.17) is 9.47 Å². The minimum Gasteiger partial charge on any atom is -0.491 e. The van der Waals surface area contributed by atoms with Crippen molar-refractivity contribution in [1.29, 1.82) is 0 Å². The number of halogens is 3. The van der Waals surface area contributed by atoms with Gasteiger partial charge in [-0.2, -0.15) is 13.2 Å². The zero-order chi connectivity index (χ0) is 19.7. The maximum atomic E-state index is 12.7. The Kier molecular flexibility index (Phi) is 7.48. The van der Waals surface area contributed by atoms with Gasteiger partial charge in [-0.15, -0.1) is 0 Å². The fraction of sp³-hybridized carbons (Fsp3) is 0.316. The van der Waals surface area contributed by atoms with E-state index in [1.807, 2.05) is 6.92 Å². The van der Waals surface area contributed by atoms with Gasteiger partial charge in [-0.25, -0.2) is 0 Å². The summed E-state index contributed by atoms with van der Waals surface area (Å²) < 4.78 is 48.7. The molecule has 27 heavy (non-hydrogen) atoms. The number of nitrogens with one attached hydrogen (secondary N) is 2. The van der Waals surface area contributed by atoms with Gasteiger partial charge in [0.2, 0.25) is 5.91 Å². The first kappa shape index (κ1) is 20.6. The zero-order valence-corrected chi connectivity index (χ0v) is 14.8. The van der Waals surface area contributed by atoms with E-state index in [0.717, 1.165) is 12.1 Å². The van der Waals surface area contributed by atoms with E-state index in [2.05, 4.69) is 10.6 Å². The van der Waals surface area contributed by atoms with Crippen molar-refractivity contribution in [3.63, 3.8) is 0 Å². The lowest BCUT2D eigenvalue weighted by Crippen LogP contribution is -2.22. The lowest BCUT2D eigenvalue weighted by atomic mass is 10.2. The Morgan fingerprint density at radius 1 is 1.04 bits per heavy atom. The Morgan fingerprint density at radius 2 is 1.78 bits per heavy atom. The van der Waals surface area contributed by atoms with Crippen LogP contribution in [0.4, 0.5) is 24.5 Å². The van der Waals surface area contributed by atoms with E-state index in [-0.39, 0.29) is 12.2 Å². The lowest BCUT2D eigenvalue weighted by Gasteiger charge is -2.11. The van der Waals surface area contributed by atoms with E-state index in [9.17, 15) is 18.0 Å². The third-order valence-corrected chi connectivity index (χ3v) is 3.48. The summed E-state index contributed by atoms with van der Waals surface area (Å²) >= 11 is 0. The molecule has 0 aliphatic rings. The van der Waals surface area contributed by atoms with Crippen LogP contribution >= 0.6 is 0 Å². The lowest BCUT2D eigenvalue weighted by molar-refractivity contribution is -0.137. The van der Waals surface area contributed by atoms with E-state index >= 15 is 0 Å². The summed E-state index contributed by atoms with van der Waals surface area (Å²) in [7, 11) is 0. The average Bonchev–Trinajstić information content (AvgIpc) is 2.64. The van der Waals surface area contributed by atoms with Crippen LogP contribution < -0.4 is 15.4 Å². The highest BCUT2D eigenvalue weighted by molar-refractivity contribution is 5.93. The Labute approximate surface area is 155 Å². The van der Waals surface area contributed by atoms with Crippen LogP contribution in [0.1, 0.15) is 12.5 Å². The normalized spacial score (nSPS) is 11.1. The number of rotatable bonds is 9. The van der Waals surface area contributed by atoms with Gasteiger partial charge in [-0.1, -0.05) is 6.07 Å². The topological polar surface area (TPSA) is 59.6 Å². The van der Waals surface area contributed by atoms with Gasteiger partial charge in [-0.05, 0) is 49.4 Å². The van der Waals surface area contributed by atoms with Crippen molar-refractivity contribution in [2.45, 2.75) is 13.1 Å². The Bertz CT molecular complexity index is 734. The predicted molar refractivity (Wildman–Crippen MR) is 97.0 cm³/mol. The number of benzene rings is 2. The first-order valence-electron chi connectivity index (χ1n) is 8.40. The fourth-order valence-electron chi connectivity index (χ4n) is 2.19. The van der Waals surface area contributed by atoms with E-state index < -0.39 is 17.6 Å². The van der Waals surface area contributed by atoms with Gasteiger partial charge in [-0.3, -0.25) is 4.79 Å². The van der Waals surface area contributed by atoms with Crippen LogP contribution in [0.3, 0.4) is 0 Å². The van der Waals surface area contributed by atoms with Gasteiger partial charge in [0.15, 0.2) is 0 Å². The molecule has 2 aromatic carbocycles. The van der Waals surface area contributed by atoms with Crippen molar-refractivity contribution in [3.05, 3.63) is 54.1 Å².